The summed E-state index contributed by atoms with van der Waals surface area (Å²) in [6.07, 6.45) is 0.105. The van der Waals surface area contributed by atoms with E-state index >= 15 is 0 Å². The molecular formula is C18H21F2N5O3. The molecule has 2 aromatic rings. The molecule has 1 aromatic carbocycles. The Morgan fingerprint density at radius 2 is 2.00 bits per heavy atom. The minimum absolute atomic E-state index is 0.00227. The van der Waals surface area contributed by atoms with Gasteiger partial charge in [-0.2, -0.15) is 13.9 Å². The van der Waals surface area contributed by atoms with Gasteiger partial charge in [0, 0.05) is 31.2 Å². The number of piperazine rings is 1. The molecule has 1 aliphatic rings. The lowest BCUT2D eigenvalue weighted by atomic mass is 10.1. The van der Waals surface area contributed by atoms with Crippen LogP contribution in [0.5, 0.6) is 5.75 Å². The van der Waals surface area contributed by atoms with Crippen molar-refractivity contribution in [3.05, 3.63) is 41.5 Å². The van der Waals surface area contributed by atoms with Crippen molar-refractivity contribution in [1.82, 2.24) is 25.0 Å². The number of nitrogens with zero attached hydrogens (tertiary/aromatic N) is 4. The average Bonchev–Trinajstić information content (AvgIpc) is 3.05. The van der Waals surface area contributed by atoms with Gasteiger partial charge in [-0.25, -0.2) is 4.98 Å². The predicted molar refractivity (Wildman–Crippen MR) is 95.0 cm³/mol. The van der Waals surface area contributed by atoms with Crippen molar-refractivity contribution in [2.75, 3.05) is 19.6 Å². The molecule has 0 saturated carbocycles. The number of halogens is 2. The third kappa shape index (κ3) is 4.62. The van der Waals surface area contributed by atoms with Gasteiger partial charge < -0.3 is 14.5 Å². The van der Waals surface area contributed by atoms with Gasteiger partial charge in [0.05, 0.1) is 6.42 Å². The van der Waals surface area contributed by atoms with Crippen molar-refractivity contribution in [3.63, 3.8) is 0 Å². The summed E-state index contributed by atoms with van der Waals surface area (Å²) in [7, 11) is 0. The standard InChI is InChI=1S/C18H21F2N5O3/c1-11-10-24(17(27)13-3-5-14(6-4-13)28-18(19)20)7-8-25(11)16(26)9-15-21-12(2)22-23-15/h3-6,11,18H,7-10H2,1-2H3,(H,21,22,23). The van der Waals surface area contributed by atoms with E-state index in [-0.39, 0.29) is 30.0 Å². The summed E-state index contributed by atoms with van der Waals surface area (Å²) < 4.78 is 28.7. The molecule has 1 atom stereocenters. The van der Waals surface area contributed by atoms with E-state index < -0.39 is 6.61 Å². The Bertz CT molecular complexity index is 840. The lowest BCUT2D eigenvalue weighted by molar-refractivity contribution is -0.134. The van der Waals surface area contributed by atoms with Crippen molar-refractivity contribution in [2.45, 2.75) is 32.9 Å². The van der Waals surface area contributed by atoms with E-state index in [0.717, 1.165) is 0 Å². The smallest absolute Gasteiger partial charge is 0.387 e. The van der Waals surface area contributed by atoms with Crippen LogP contribution in [-0.4, -0.2) is 69.1 Å². The molecule has 8 nitrogen and oxygen atoms in total. The van der Waals surface area contributed by atoms with Crippen molar-refractivity contribution < 1.29 is 23.1 Å². The van der Waals surface area contributed by atoms with Gasteiger partial charge in [-0.1, -0.05) is 0 Å². The fraction of sp³-hybridized carbons (Fsp3) is 0.444. The lowest BCUT2D eigenvalue weighted by Gasteiger charge is -2.39. The van der Waals surface area contributed by atoms with Crippen molar-refractivity contribution in [2.24, 2.45) is 0 Å². The van der Waals surface area contributed by atoms with Crippen molar-refractivity contribution in [1.29, 1.82) is 0 Å². The monoisotopic (exact) mass is 393 g/mol. The minimum Gasteiger partial charge on any atom is -0.435 e. The van der Waals surface area contributed by atoms with E-state index in [4.69, 9.17) is 0 Å². The van der Waals surface area contributed by atoms with E-state index in [2.05, 4.69) is 19.9 Å². The molecule has 1 aliphatic heterocycles. The molecule has 10 heteroatoms. The zero-order chi connectivity index (χ0) is 20.3. The van der Waals surface area contributed by atoms with Crippen LogP contribution in [0.2, 0.25) is 0 Å². The molecule has 1 saturated heterocycles. The fourth-order valence-corrected chi connectivity index (χ4v) is 3.18. The van der Waals surface area contributed by atoms with Crippen LogP contribution in [-0.2, 0) is 11.2 Å². The molecule has 1 N–H and O–H groups in total. The van der Waals surface area contributed by atoms with Gasteiger partial charge in [-0.05, 0) is 38.1 Å². The van der Waals surface area contributed by atoms with Crippen molar-refractivity contribution >= 4 is 11.8 Å². The van der Waals surface area contributed by atoms with Crippen LogP contribution >= 0.6 is 0 Å². The molecule has 0 aliphatic carbocycles. The van der Waals surface area contributed by atoms with E-state index in [0.29, 0.717) is 36.8 Å². The highest BCUT2D eigenvalue weighted by Gasteiger charge is 2.30. The molecule has 1 unspecified atom stereocenters. The number of rotatable bonds is 5. The molecule has 28 heavy (non-hydrogen) atoms. The number of nitrogens with one attached hydrogen (secondary N) is 1. The number of aromatic nitrogens is 3. The Hall–Kier alpha value is -3.04. The normalized spacial score (nSPS) is 17.1. The second-order valence-corrected chi connectivity index (χ2v) is 6.60. The van der Waals surface area contributed by atoms with Gasteiger partial charge in [-0.3, -0.25) is 14.7 Å². The van der Waals surface area contributed by atoms with Gasteiger partial charge >= 0.3 is 6.61 Å². The first-order valence-electron chi connectivity index (χ1n) is 8.85. The average molecular weight is 393 g/mol. The maximum atomic E-state index is 12.7. The second kappa shape index (κ2) is 8.32. The quantitative estimate of drug-likeness (QED) is 0.834. The highest BCUT2D eigenvalue weighted by Crippen LogP contribution is 2.18. The number of aryl methyl sites for hydroxylation is 1. The van der Waals surface area contributed by atoms with Crippen LogP contribution in [0.1, 0.15) is 28.9 Å². The number of H-pyrrole nitrogens is 1. The first kappa shape index (κ1) is 19.7. The van der Waals surface area contributed by atoms with E-state index in [1.807, 2.05) is 6.92 Å². The Morgan fingerprint density at radius 1 is 1.29 bits per heavy atom. The molecule has 1 aromatic heterocycles. The fourth-order valence-electron chi connectivity index (χ4n) is 3.18. The second-order valence-electron chi connectivity index (χ2n) is 6.60. The van der Waals surface area contributed by atoms with Gasteiger partial charge in [-0.15, -0.1) is 0 Å². The first-order valence-corrected chi connectivity index (χ1v) is 8.85. The predicted octanol–water partition coefficient (Wildman–Crippen LogP) is 1.63. The summed E-state index contributed by atoms with van der Waals surface area (Å²) in [5.74, 6) is 0.785. The summed E-state index contributed by atoms with van der Waals surface area (Å²) in [6, 6.07) is 5.41. The number of carbonyl (C=O) groups excluding carboxylic acids is 2. The van der Waals surface area contributed by atoms with Gasteiger partial charge in [0.15, 0.2) is 5.82 Å². The molecule has 1 fully saturated rings. The Morgan fingerprint density at radius 3 is 2.57 bits per heavy atom. The summed E-state index contributed by atoms with van der Waals surface area (Å²) >= 11 is 0. The van der Waals surface area contributed by atoms with Crippen LogP contribution in [0.15, 0.2) is 24.3 Å². The third-order valence-electron chi connectivity index (χ3n) is 4.51. The van der Waals surface area contributed by atoms with E-state index in [1.165, 1.54) is 24.3 Å². The summed E-state index contributed by atoms with van der Waals surface area (Å²) in [6.45, 7) is 1.90. The zero-order valence-corrected chi connectivity index (χ0v) is 15.6. The number of benzene rings is 1. The van der Waals surface area contributed by atoms with Gasteiger partial charge in [0.25, 0.3) is 5.91 Å². The van der Waals surface area contributed by atoms with Gasteiger partial charge in [0.2, 0.25) is 5.91 Å². The number of aromatic amines is 1. The zero-order valence-electron chi connectivity index (χ0n) is 15.6. The third-order valence-corrected chi connectivity index (χ3v) is 4.51. The summed E-state index contributed by atoms with van der Waals surface area (Å²) in [5, 5.41) is 6.69. The molecule has 0 spiro atoms. The number of ether oxygens (including phenoxy) is 1. The Kier molecular flexibility index (Phi) is 5.86. The molecule has 150 valence electrons. The Balaban J connectivity index is 1.58. The number of hydrogen-bond donors (Lipinski definition) is 1. The maximum Gasteiger partial charge on any atom is 0.387 e. The lowest BCUT2D eigenvalue weighted by Crippen LogP contribution is -2.55. The van der Waals surface area contributed by atoms with Crippen LogP contribution in [0.25, 0.3) is 0 Å². The maximum absolute atomic E-state index is 12.7. The van der Waals surface area contributed by atoms with Crippen LogP contribution in [0.4, 0.5) is 8.78 Å². The van der Waals surface area contributed by atoms with Crippen LogP contribution in [0, 0.1) is 6.92 Å². The molecule has 2 amide bonds. The SMILES string of the molecule is Cc1nc(CC(=O)N2CCN(C(=O)c3ccc(OC(F)F)cc3)CC2C)n[nH]1. The molecule has 3 rings (SSSR count). The topological polar surface area (TPSA) is 91.4 Å². The van der Waals surface area contributed by atoms with E-state index in [9.17, 15) is 18.4 Å². The van der Waals surface area contributed by atoms with Crippen LogP contribution < -0.4 is 4.74 Å². The molecule has 2 heterocycles. The summed E-state index contributed by atoms with van der Waals surface area (Å²) in [5.41, 5.74) is 0.379. The largest absolute Gasteiger partial charge is 0.435 e. The molecular weight excluding hydrogens is 372 g/mol. The number of amides is 2. The highest BCUT2D eigenvalue weighted by atomic mass is 19.3. The summed E-state index contributed by atoms with van der Waals surface area (Å²) in [4.78, 5) is 32.7. The van der Waals surface area contributed by atoms with Crippen LogP contribution in [0.3, 0.4) is 0 Å². The Labute approximate surface area is 160 Å². The van der Waals surface area contributed by atoms with Crippen molar-refractivity contribution in [3.8, 4) is 5.75 Å². The number of alkyl halides is 2. The number of hydrogen-bond acceptors (Lipinski definition) is 5. The van der Waals surface area contributed by atoms with Gasteiger partial charge in [0.1, 0.15) is 11.6 Å². The number of carbonyl (C=O) groups is 2. The molecule has 0 radical (unpaired) electrons. The first-order chi connectivity index (χ1) is 13.3. The molecule has 0 bridgehead atoms. The minimum atomic E-state index is -2.91. The highest BCUT2D eigenvalue weighted by molar-refractivity contribution is 5.94. The van der Waals surface area contributed by atoms with E-state index in [1.54, 1.807) is 16.7 Å².